The quantitative estimate of drug-likeness (QED) is 0.270. The van der Waals surface area contributed by atoms with Crippen LogP contribution in [0.15, 0.2) is 97.3 Å². The lowest BCUT2D eigenvalue weighted by atomic mass is 9.91. The highest BCUT2D eigenvalue weighted by molar-refractivity contribution is 5.61. The number of ether oxygens (including phenoxy) is 2. The molecule has 0 bridgehead atoms. The van der Waals surface area contributed by atoms with E-state index in [-0.39, 0.29) is 5.92 Å². The second-order valence-corrected chi connectivity index (χ2v) is 9.41. The zero-order chi connectivity index (χ0) is 27.3. The smallest absolute Gasteiger partial charge is 0.416 e. The molecule has 0 saturated heterocycles. The van der Waals surface area contributed by atoms with E-state index in [1.807, 2.05) is 36.4 Å². The highest BCUT2D eigenvalue weighted by Crippen LogP contribution is 2.38. The van der Waals surface area contributed by atoms with Crippen molar-refractivity contribution in [1.29, 1.82) is 0 Å². The molecule has 38 heavy (non-hydrogen) atoms. The van der Waals surface area contributed by atoms with Crippen molar-refractivity contribution in [2.75, 3.05) is 25.7 Å². The van der Waals surface area contributed by atoms with E-state index in [9.17, 15) is 13.2 Å². The van der Waals surface area contributed by atoms with Crippen molar-refractivity contribution in [3.05, 3.63) is 114 Å². The Morgan fingerprint density at radius 2 is 1.61 bits per heavy atom. The number of alkyl halides is 3. The third kappa shape index (κ3) is 6.52. The van der Waals surface area contributed by atoms with Crippen LogP contribution in [0.5, 0.6) is 11.5 Å². The van der Waals surface area contributed by atoms with Crippen molar-refractivity contribution in [2.45, 2.75) is 37.4 Å². The van der Waals surface area contributed by atoms with Gasteiger partial charge in [0.05, 0.1) is 25.7 Å². The minimum atomic E-state index is -4.36. The molecule has 0 radical (unpaired) electrons. The molecule has 0 aliphatic heterocycles. The Morgan fingerprint density at radius 3 is 2.18 bits per heavy atom. The van der Waals surface area contributed by atoms with Crippen LogP contribution >= 0.6 is 0 Å². The topological polar surface area (TPSA) is 33.7 Å². The molecule has 7 heteroatoms. The van der Waals surface area contributed by atoms with Gasteiger partial charge in [-0.15, -0.1) is 0 Å². The van der Waals surface area contributed by atoms with Crippen molar-refractivity contribution < 1.29 is 22.6 Å². The number of rotatable bonds is 12. The summed E-state index contributed by atoms with van der Waals surface area (Å²) in [7, 11) is 3.16. The number of hydrogen-bond acceptors (Lipinski definition) is 4. The lowest BCUT2D eigenvalue weighted by Crippen LogP contribution is -2.32. The fourth-order valence-corrected chi connectivity index (χ4v) is 4.50. The molecule has 3 aromatic carbocycles. The summed E-state index contributed by atoms with van der Waals surface area (Å²) in [6, 6.07) is 21.4. The van der Waals surface area contributed by atoms with Crippen LogP contribution < -0.4 is 19.7 Å². The van der Waals surface area contributed by atoms with Gasteiger partial charge < -0.3 is 19.7 Å². The normalized spacial score (nSPS) is 13.9. The Labute approximate surface area is 222 Å². The Morgan fingerprint density at radius 1 is 0.947 bits per heavy atom. The molecule has 1 fully saturated rings. The maximum Gasteiger partial charge on any atom is 0.416 e. The molecular weight excluding hydrogens is 489 g/mol. The van der Waals surface area contributed by atoms with Gasteiger partial charge >= 0.3 is 6.18 Å². The predicted octanol–water partition coefficient (Wildman–Crippen LogP) is 7.33. The Kier molecular flexibility index (Phi) is 8.35. The summed E-state index contributed by atoms with van der Waals surface area (Å²) < 4.78 is 50.1. The van der Waals surface area contributed by atoms with Gasteiger partial charge in [0.25, 0.3) is 0 Å². The minimum absolute atomic E-state index is 0.211. The van der Waals surface area contributed by atoms with Gasteiger partial charge in [0.2, 0.25) is 0 Å². The molecule has 1 aliphatic rings. The van der Waals surface area contributed by atoms with Crippen molar-refractivity contribution >= 4 is 5.69 Å². The lowest BCUT2D eigenvalue weighted by Gasteiger charge is -2.34. The first-order valence-corrected chi connectivity index (χ1v) is 12.6. The number of nitrogens with zero attached hydrogens (tertiary/aromatic N) is 1. The monoisotopic (exact) mass is 522 g/mol. The zero-order valence-corrected chi connectivity index (χ0v) is 21.7. The average molecular weight is 523 g/mol. The molecule has 1 N–H and O–H groups in total. The van der Waals surface area contributed by atoms with E-state index in [1.165, 1.54) is 12.1 Å². The van der Waals surface area contributed by atoms with Gasteiger partial charge in [0.1, 0.15) is 0 Å². The van der Waals surface area contributed by atoms with Crippen LogP contribution in [-0.2, 0) is 12.6 Å². The van der Waals surface area contributed by atoms with Crippen molar-refractivity contribution in [3.63, 3.8) is 0 Å². The van der Waals surface area contributed by atoms with Crippen molar-refractivity contribution in [3.8, 4) is 11.5 Å². The summed E-state index contributed by atoms with van der Waals surface area (Å²) in [6.45, 7) is 9.37. The molecule has 4 rings (SSSR count). The van der Waals surface area contributed by atoms with E-state index < -0.39 is 11.7 Å². The molecule has 4 nitrogen and oxygen atoms in total. The van der Waals surface area contributed by atoms with Crippen LogP contribution in [0.2, 0.25) is 0 Å². The molecule has 0 heterocycles. The number of nitrogens with one attached hydrogen (secondary N) is 1. The zero-order valence-electron chi connectivity index (χ0n) is 21.7. The van der Waals surface area contributed by atoms with Gasteiger partial charge in [-0.3, -0.25) is 0 Å². The van der Waals surface area contributed by atoms with Crippen molar-refractivity contribution in [1.82, 2.24) is 5.32 Å². The van der Waals surface area contributed by atoms with Gasteiger partial charge in [0.15, 0.2) is 11.5 Å². The molecule has 1 unspecified atom stereocenters. The summed E-state index contributed by atoms with van der Waals surface area (Å²) >= 11 is 0. The maximum absolute atomic E-state index is 13.1. The molecule has 3 aromatic rings. The maximum atomic E-state index is 13.1. The first-order valence-electron chi connectivity index (χ1n) is 12.6. The molecule has 200 valence electrons. The number of anilines is 1. The fraction of sp³-hybridized carbons (Fsp3) is 0.290. The highest BCUT2D eigenvalue weighted by atomic mass is 19.4. The summed E-state index contributed by atoms with van der Waals surface area (Å²) in [5.41, 5.74) is 3.68. The largest absolute Gasteiger partial charge is 0.493 e. The second-order valence-electron chi connectivity index (χ2n) is 9.41. The third-order valence-corrected chi connectivity index (χ3v) is 6.71. The highest BCUT2D eigenvalue weighted by Gasteiger charge is 2.31. The lowest BCUT2D eigenvalue weighted by molar-refractivity contribution is -0.137. The number of benzene rings is 3. The SMILES string of the molecule is C=C(NC1CC1)C(C(=C)N(CCc1ccc(C(F)(F)F)cc1)c1ccc(OC)c(OC)c1)c1ccccc1. The van der Waals surface area contributed by atoms with Crippen LogP contribution in [-0.4, -0.2) is 26.8 Å². The second kappa shape index (κ2) is 11.7. The average Bonchev–Trinajstić information content (AvgIpc) is 3.73. The summed E-state index contributed by atoms with van der Waals surface area (Å²) in [6.07, 6.45) is -1.63. The van der Waals surface area contributed by atoms with Gasteiger partial charge in [-0.25, -0.2) is 0 Å². The Balaban J connectivity index is 1.68. The van der Waals surface area contributed by atoms with E-state index in [0.717, 1.165) is 53.2 Å². The van der Waals surface area contributed by atoms with E-state index >= 15 is 0 Å². The van der Waals surface area contributed by atoms with Gasteiger partial charge in [-0.1, -0.05) is 55.6 Å². The number of methoxy groups -OCH3 is 2. The first kappa shape index (κ1) is 27.2. The molecule has 0 amide bonds. The van der Waals surface area contributed by atoms with Gasteiger partial charge in [-0.2, -0.15) is 13.2 Å². The van der Waals surface area contributed by atoms with Crippen molar-refractivity contribution in [2.24, 2.45) is 0 Å². The standard InChI is InChI=1S/C31H33F3N2O2/c1-21(35-26-14-15-26)30(24-8-6-5-7-9-24)22(2)36(27-16-17-28(37-3)29(20-27)38-4)19-18-23-10-12-25(13-11-23)31(32,33)34/h5-13,16-17,20,26,30,35H,1-2,14-15,18-19H2,3-4H3. The summed E-state index contributed by atoms with van der Waals surface area (Å²) in [5.74, 6) is 0.963. The molecule has 1 atom stereocenters. The molecular formula is C31H33F3N2O2. The van der Waals surface area contributed by atoms with Crippen LogP contribution in [0.25, 0.3) is 0 Å². The number of hydrogen-bond donors (Lipinski definition) is 1. The number of halogens is 3. The molecule has 1 aliphatic carbocycles. The van der Waals surface area contributed by atoms with E-state index in [0.29, 0.717) is 30.5 Å². The molecule has 0 aromatic heterocycles. The minimum Gasteiger partial charge on any atom is -0.493 e. The Hall–Kier alpha value is -3.87. The fourth-order valence-electron chi connectivity index (χ4n) is 4.50. The predicted molar refractivity (Wildman–Crippen MR) is 146 cm³/mol. The van der Waals surface area contributed by atoms with Crippen LogP contribution in [0.3, 0.4) is 0 Å². The van der Waals surface area contributed by atoms with E-state index in [4.69, 9.17) is 9.47 Å². The summed E-state index contributed by atoms with van der Waals surface area (Å²) in [5, 5.41) is 3.54. The Bertz CT molecular complexity index is 1250. The first-order chi connectivity index (χ1) is 18.2. The van der Waals surface area contributed by atoms with Gasteiger partial charge in [0, 0.05) is 35.7 Å². The van der Waals surface area contributed by atoms with Gasteiger partial charge in [-0.05, 0) is 54.7 Å². The third-order valence-electron chi connectivity index (χ3n) is 6.71. The van der Waals surface area contributed by atoms with E-state index in [2.05, 4.69) is 35.5 Å². The van der Waals surface area contributed by atoms with Crippen LogP contribution in [0, 0.1) is 0 Å². The van der Waals surface area contributed by atoms with Crippen LogP contribution in [0.1, 0.15) is 35.4 Å². The molecule has 0 spiro atoms. The van der Waals surface area contributed by atoms with E-state index in [1.54, 1.807) is 14.2 Å². The molecule has 1 saturated carbocycles. The summed E-state index contributed by atoms with van der Waals surface area (Å²) in [4.78, 5) is 2.08. The van der Waals surface area contributed by atoms with Crippen LogP contribution in [0.4, 0.5) is 18.9 Å².